The van der Waals surface area contributed by atoms with Gasteiger partial charge in [0.25, 0.3) is 0 Å². The highest BCUT2D eigenvalue weighted by Crippen LogP contribution is 2.16. The van der Waals surface area contributed by atoms with Crippen molar-refractivity contribution in [2.45, 2.75) is 6.54 Å². The zero-order valence-corrected chi connectivity index (χ0v) is 13.8. The molecule has 0 aromatic carbocycles. The van der Waals surface area contributed by atoms with Gasteiger partial charge in [0.1, 0.15) is 12.1 Å². The summed E-state index contributed by atoms with van der Waals surface area (Å²) in [5.41, 5.74) is 1.91. The molecule has 0 unspecified atom stereocenters. The molecule has 8 nitrogen and oxygen atoms in total. The van der Waals surface area contributed by atoms with Crippen LogP contribution >= 0.6 is 11.3 Å². The van der Waals surface area contributed by atoms with Gasteiger partial charge in [0, 0.05) is 50.5 Å². The molecule has 24 heavy (non-hydrogen) atoms. The molecule has 5 heterocycles. The van der Waals surface area contributed by atoms with Gasteiger partial charge in [0.05, 0.1) is 5.69 Å². The van der Waals surface area contributed by atoms with E-state index in [2.05, 4.69) is 52.3 Å². The highest BCUT2D eigenvalue weighted by Gasteiger charge is 2.19. The number of piperazine rings is 1. The van der Waals surface area contributed by atoms with Gasteiger partial charge in [-0.15, -0.1) is 26.6 Å². The fourth-order valence-corrected chi connectivity index (χ4v) is 3.82. The molecule has 0 amide bonds. The van der Waals surface area contributed by atoms with Crippen LogP contribution in [0.2, 0.25) is 0 Å². The summed E-state index contributed by atoms with van der Waals surface area (Å²) in [5.74, 6) is 0.976. The standard InChI is InChI=1S/C15H16N8S/c1-2-14(19-23-11-16-18-13(1)23)21-5-3-20(4-6-21)9-12-10-22-7-8-24-15(22)17-12/h1-2,7-8,10-11H,3-6,9H2. The average Bonchev–Trinajstić information content (AvgIpc) is 3.30. The molecule has 1 aliphatic heterocycles. The number of anilines is 1. The Kier molecular flexibility index (Phi) is 3.20. The third-order valence-electron chi connectivity index (χ3n) is 4.37. The minimum absolute atomic E-state index is 0.775. The zero-order valence-electron chi connectivity index (χ0n) is 13.0. The van der Waals surface area contributed by atoms with E-state index in [9.17, 15) is 0 Å². The van der Waals surface area contributed by atoms with Crippen LogP contribution < -0.4 is 4.90 Å². The van der Waals surface area contributed by atoms with E-state index >= 15 is 0 Å². The lowest BCUT2D eigenvalue weighted by molar-refractivity contribution is 0.247. The molecule has 0 saturated carbocycles. The summed E-state index contributed by atoms with van der Waals surface area (Å²) in [6.07, 6.45) is 5.82. The first-order chi connectivity index (χ1) is 11.8. The fourth-order valence-electron chi connectivity index (χ4n) is 3.10. The Balaban J connectivity index is 1.25. The van der Waals surface area contributed by atoms with Gasteiger partial charge in [-0.25, -0.2) is 4.98 Å². The second kappa shape index (κ2) is 5.53. The maximum absolute atomic E-state index is 4.67. The topological polar surface area (TPSA) is 66.9 Å². The van der Waals surface area contributed by atoms with E-state index in [0.717, 1.165) is 54.8 Å². The van der Waals surface area contributed by atoms with E-state index in [1.807, 2.05) is 12.1 Å². The molecule has 1 saturated heterocycles. The largest absolute Gasteiger partial charge is 0.353 e. The number of rotatable bonds is 3. The van der Waals surface area contributed by atoms with Gasteiger partial charge >= 0.3 is 0 Å². The molecule has 4 aromatic rings. The van der Waals surface area contributed by atoms with Gasteiger partial charge in [0.15, 0.2) is 10.6 Å². The van der Waals surface area contributed by atoms with E-state index in [1.54, 1.807) is 22.2 Å². The molecule has 4 aromatic heterocycles. The minimum Gasteiger partial charge on any atom is -0.353 e. The number of hydrogen-bond donors (Lipinski definition) is 0. The molecular formula is C15H16N8S. The Morgan fingerprint density at radius 1 is 1.12 bits per heavy atom. The maximum Gasteiger partial charge on any atom is 0.193 e. The molecule has 0 N–H and O–H groups in total. The van der Waals surface area contributed by atoms with Gasteiger partial charge in [0.2, 0.25) is 0 Å². The normalized spacial score (nSPS) is 16.4. The predicted molar refractivity (Wildman–Crippen MR) is 91.3 cm³/mol. The lowest BCUT2D eigenvalue weighted by Crippen LogP contribution is -2.46. The van der Waals surface area contributed by atoms with Gasteiger partial charge in [-0.05, 0) is 12.1 Å². The van der Waals surface area contributed by atoms with Crippen LogP contribution in [0.25, 0.3) is 10.6 Å². The third kappa shape index (κ3) is 2.42. The molecule has 0 spiro atoms. The highest BCUT2D eigenvalue weighted by atomic mass is 32.1. The molecule has 1 aliphatic rings. The van der Waals surface area contributed by atoms with E-state index in [-0.39, 0.29) is 0 Å². The van der Waals surface area contributed by atoms with Crippen molar-refractivity contribution in [3.63, 3.8) is 0 Å². The van der Waals surface area contributed by atoms with E-state index in [1.165, 1.54) is 0 Å². The lowest BCUT2D eigenvalue weighted by atomic mass is 10.3. The van der Waals surface area contributed by atoms with Crippen molar-refractivity contribution in [2.24, 2.45) is 0 Å². The number of imidazole rings is 1. The molecular weight excluding hydrogens is 324 g/mol. The molecule has 0 atom stereocenters. The number of nitrogens with zero attached hydrogens (tertiary/aromatic N) is 8. The summed E-state index contributed by atoms with van der Waals surface area (Å²) < 4.78 is 3.81. The Labute approximate surface area is 142 Å². The van der Waals surface area contributed by atoms with Crippen molar-refractivity contribution in [3.8, 4) is 0 Å². The summed E-state index contributed by atoms with van der Waals surface area (Å²) in [6.45, 7) is 4.84. The zero-order chi connectivity index (χ0) is 15.9. The van der Waals surface area contributed by atoms with Crippen LogP contribution in [-0.4, -0.2) is 60.3 Å². The Morgan fingerprint density at radius 2 is 2.04 bits per heavy atom. The summed E-state index contributed by atoms with van der Waals surface area (Å²) in [7, 11) is 0. The molecule has 0 bridgehead atoms. The van der Waals surface area contributed by atoms with Crippen LogP contribution in [0.15, 0.2) is 36.2 Å². The molecule has 122 valence electrons. The molecule has 1 fully saturated rings. The van der Waals surface area contributed by atoms with Gasteiger partial charge in [-0.2, -0.15) is 4.52 Å². The predicted octanol–water partition coefficient (Wildman–Crippen LogP) is 1.16. The Hall–Kier alpha value is -2.52. The van der Waals surface area contributed by atoms with Crippen LogP contribution in [0.5, 0.6) is 0 Å². The summed E-state index contributed by atoms with van der Waals surface area (Å²) in [5, 5.41) is 14.5. The van der Waals surface area contributed by atoms with Crippen LogP contribution in [-0.2, 0) is 6.54 Å². The van der Waals surface area contributed by atoms with Gasteiger partial charge in [-0.1, -0.05) is 0 Å². The first-order valence-corrected chi connectivity index (χ1v) is 8.78. The van der Waals surface area contributed by atoms with Crippen LogP contribution in [0, 0.1) is 0 Å². The summed E-state index contributed by atoms with van der Waals surface area (Å²) in [6, 6.07) is 3.97. The highest BCUT2D eigenvalue weighted by molar-refractivity contribution is 7.15. The van der Waals surface area contributed by atoms with Crippen LogP contribution in [0.1, 0.15) is 5.69 Å². The van der Waals surface area contributed by atoms with Crippen molar-refractivity contribution >= 4 is 27.8 Å². The fraction of sp³-hybridized carbons (Fsp3) is 0.333. The van der Waals surface area contributed by atoms with Crippen LogP contribution in [0.3, 0.4) is 0 Å². The first kappa shape index (κ1) is 13.9. The second-order valence-corrected chi connectivity index (χ2v) is 6.79. The van der Waals surface area contributed by atoms with Gasteiger partial charge < -0.3 is 4.90 Å². The SMILES string of the molecule is c1cn2cc(CN3CCN(c4ccc5nncn5n4)CC3)nc2s1. The van der Waals surface area contributed by atoms with Crippen molar-refractivity contribution < 1.29 is 0 Å². The molecule has 5 rings (SSSR count). The second-order valence-electron chi connectivity index (χ2n) is 5.91. The van der Waals surface area contributed by atoms with E-state index < -0.39 is 0 Å². The molecule has 0 radical (unpaired) electrons. The number of hydrogen-bond acceptors (Lipinski definition) is 7. The van der Waals surface area contributed by atoms with Crippen molar-refractivity contribution in [3.05, 3.63) is 41.9 Å². The van der Waals surface area contributed by atoms with Crippen molar-refractivity contribution in [1.29, 1.82) is 0 Å². The Bertz CT molecular complexity index is 949. The van der Waals surface area contributed by atoms with E-state index in [0.29, 0.717) is 0 Å². The monoisotopic (exact) mass is 340 g/mol. The molecule has 9 heteroatoms. The molecule has 0 aliphatic carbocycles. The summed E-state index contributed by atoms with van der Waals surface area (Å²) >= 11 is 1.67. The van der Waals surface area contributed by atoms with Crippen molar-refractivity contribution in [2.75, 3.05) is 31.1 Å². The van der Waals surface area contributed by atoms with Gasteiger partial charge in [-0.3, -0.25) is 9.30 Å². The number of fused-ring (bicyclic) bond motifs is 2. The minimum atomic E-state index is 0.775. The first-order valence-electron chi connectivity index (χ1n) is 7.91. The lowest BCUT2D eigenvalue weighted by Gasteiger charge is -2.34. The average molecular weight is 340 g/mol. The quantitative estimate of drug-likeness (QED) is 0.557. The number of thiazole rings is 1. The number of aromatic nitrogens is 6. The van der Waals surface area contributed by atoms with Crippen molar-refractivity contribution in [1.82, 2.24) is 34.1 Å². The smallest absolute Gasteiger partial charge is 0.193 e. The van der Waals surface area contributed by atoms with Crippen LogP contribution in [0.4, 0.5) is 5.82 Å². The Morgan fingerprint density at radius 3 is 2.92 bits per heavy atom. The summed E-state index contributed by atoms with van der Waals surface area (Å²) in [4.78, 5) is 10.5. The maximum atomic E-state index is 4.67. The third-order valence-corrected chi connectivity index (χ3v) is 5.14. The van der Waals surface area contributed by atoms with E-state index in [4.69, 9.17) is 0 Å².